The first-order valence-corrected chi connectivity index (χ1v) is 8.41. The number of rotatable bonds is 7. The summed E-state index contributed by atoms with van der Waals surface area (Å²) in [6.07, 6.45) is -3.15. The Hall–Kier alpha value is -1.55. The number of hydrogen-bond donors (Lipinski definition) is 1. The van der Waals surface area contributed by atoms with Crippen molar-refractivity contribution in [1.82, 2.24) is 15.3 Å². The zero-order valence-electron chi connectivity index (χ0n) is 14.2. The summed E-state index contributed by atoms with van der Waals surface area (Å²) in [5, 5.41) is 2.16. The molecule has 1 unspecified atom stereocenters. The highest BCUT2D eigenvalue weighted by molar-refractivity contribution is 7.98. The average molecular weight is 369 g/mol. The molecule has 0 spiro atoms. The Labute approximate surface area is 143 Å². The third kappa shape index (κ3) is 8.92. The third-order valence-electron chi connectivity index (χ3n) is 2.28. The van der Waals surface area contributed by atoms with Gasteiger partial charge in [0.05, 0.1) is 6.61 Å². The van der Waals surface area contributed by atoms with E-state index in [9.17, 15) is 18.0 Å². The number of nitrogens with zero attached hydrogens (tertiary/aromatic N) is 2. The van der Waals surface area contributed by atoms with Gasteiger partial charge in [0.1, 0.15) is 23.4 Å². The molecule has 0 bridgehead atoms. The van der Waals surface area contributed by atoms with Gasteiger partial charge in [0.2, 0.25) is 0 Å². The summed E-state index contributed by atoms with van der Waals surface area (Å²) in [6, 6.07) is 1.21. The maximum atomic E-state index is 12.1. The van der Waals surface area contributed by atoms with Crippen LogP contribution in [-0.4, -0.2) is 54.7 Å². The Bertz CT molecular complexity index is 516. The molecule has 10 heteroatoms. The van der Waals surface area contributed by atoms with Crippen LogP contribution in [0.3, 0.4) is 0 Å². The summed E-state index contributed by atoms with van der Waals surface area (Å²) in [5.74, 6) is -0.945. The maximum absolute atomic E-state index is 12.1. The summed E-state index contributed by atoms with van der Waals surface area (Å²) >= 11 is 1.21. The van der Waals surface area contributed by atoms with Crippen LogP contribution in [-0.2, 0) is 4.74 Å². The van der Waals surface area contributed by atoms with Crippen LogP contribution in [0.4, 0.5) is 13.2 Å². The first-order chi connectivity index (χ1) is 11.2. The number of amides is 1. The van der Waals surface area contributed by atoms with E-state index in [2.05, 4.69) is 9.97 Å². The van der Waals surface area contributed by atoms with E-state index in [1.165, 1.54) is 24.9 Å². The first kappa shape index (κ1) is 22.4. The number of ether oxygens (including phenoxy) is 2. The molecule has 0 aliphatic rings. The van der Waals surface area contributed by atoms with Crippen molar-refractivity contribution in [3.05, 3.63) is 11.8 Å². The highest BCUT2D eigenvalue weighted by Crippen LogP contribution is 2.18. The number of halogens is 3. The highest BCUT2D eigenvalue weighted by Gasteiger charge is 2.28. The Morgan fingerprint density at radius 1 is 1.38 bits per heavy atom. The third-order valence-corrected chi connectivity index (χ3v) is 2.91. The molecule has 1 aromatic heterocycles. The van der Waals surface area contributed by atoms with Crippen LogP contribution in [0.1, 0.15) is 31.3 Å². The van der Waals surface area contributed by atoms with E-state index in [0.29, 0.717) is 5.03 Å². The Balaban J connectivity index is 0.00000254. The van der Waals surface area contributed by atoms with Crippen molar-refractivity contribution in [1.29, 1.82) is 0 Å². The Morgan fingerprint density at radius 2 is 2.00 bits per heavy atom. The van der Waals surface area contributed by atoms with Gasteiger partial charge in [-0.2, -0.15) is 23.1 Å². The van der Waals surface area contributed by atoms with E-state index in [0.717, 1.165) is 0 Å². The number of thioether (sulfide) groups is 1. The van der Waals surface area contributed by atoms with Gasteiger partial charge in [-0.3, -0.25) is 4.79 Å². The zero-order valence-corrected chi connectivity index (χ0v) is 15.0. The predicted molar refractivity (Wildman–Crippen MR) is 85.5 cm³/mol. The summed E-state index contributed by atoms with van der Waals surface area (Å²) in [4.78, 5) is 19.6. The topological polar surface area (TPSA) is 73.3 Å². The lowest BCUT2D eigenvalue weighted by Crippen LogP contribution is -2.34. The number of carbonyl (C=O) groups excluding carboxylic acids is 1. The van der Waals surface area contributed by atoms with Gasteiger partial charge in [-0.15, -0.1) is 11.8 Å². The minimum absolute atomic E-state index is 0.0893. The number of alkyl halides is 3. The normalized spacial score (nSPS) is 12.0. The molecule has 1 N–H and O–H groups in total. The molecule has 6 nitrogen and oxygen atoms in total. The molecule has 0 aliphatic heterocycles. The quantitative estimate of drug-likeness (QED) is 0.588. The van der Waals surface area contributed by atoms with Crippen LogP contribution in [0.15, 0.2) is 11.1 Å². The minimum atomic E-state index is -4.49. The fourth-order valence-corrected chi connectivity index (χ4v) is 1.80. The van der Waals surface area contributed by atoms with Crippen molar-refractivity contribution in [3.63, 3.8) is 0 Å². The van der Waals surface area contributed by atoms with Crippen molar-refractivity contribution < 1.29 is 27.4 Å². The number of aromatic nitrogens is 2. The van der Waals surface area contributed by atoms with E-state index in [-0.39, 0.29) is 24.4 Å². The summed E-state index contributed by atoms with van der Waals surface area (Å²) < 4.78 is 46.6. The zero-order chi connectivity index (χ0) is 18.8. The summed E-state index contributed by atoms with van der Waals surface area (Å²) in [5.41, 5.74) is -0.191. The Morgan fingerprint density at radius 3 is 2.50 bits per heavy atom. The monoisotopic (exact) mass is 369 g/mol. The molecule has 1 aromatic rings. The van der Waals surface area contributed by atoms with Crippen molar-refractivity contribution in [2.75, 3.05) is 26.5 Å². The fourth-order valence-electron chi connectivity index (χ4n) is 1.40. The van der Waals surface area contributed by atoms with E-state index in [1.807, 2.05) is 13.8 Å². The van der Waals surface area contributed by atoms with Crippen molar-refractivity contribution in [2.24, 2.45) is 0 Å². The molecule has 1 rings (SSSR count). The molecule has 1 heterocycles. The molecule has 0 saturated carbocycles. The first-order valence-electron chi connectivity index (χ1n) is 7.18. The molecule has 0 aliphatic carbocycles. The number of hydrogen-bond acceptors (Lipinski definition) is 6. The summed E-state index contributed by atoms with van der Waals surface area (Å²) in [6.45, 7) is 4.56. The summed E-state index contributed by atoms with van der Waals surface area (Å²) in [7, 11) is 1.50. The second-order valence-corrected chi connectivity index (χ2v) is 5.09. The van der Waals surface area contributed by atoms with Crippen molar-refractivity contribution in [3.8, 4) is 6.01 Å². The van der Waals surface area contributed by atoms with Gasteiger partial charge in [-0.05, 0) is 13.2 Å². The molecule has 1 amide bonds. The maximum Gasteiger partial charge on any atom is 0.405 e. The van der Waals surface area contributed by atoms with E-state index in [1.54, 1.807) is 18.5 Å². The van der Waals surface area contributed by atoms with E-state index >= 15 is 0 Å². The van der Waals surface area contributed by atoms with Gasteiger partial charge in [0.15, 0.2) is 0 Å². The minimum Gasteiger partial charge on any atom is -0.458 e. The number of carbonyl (C=O) groups is 1. The van der Waals surface area contributed by atoms with Crippen LogP contribution in [0, 0.1) is 0 Å². The van der Waals surface area contributed by atoms with Gasteiger partial charge in [0.25, 0.3) is 5.91 Å². The van der Waals surface area contributed by atoms with Crippen LogP contribution < -0.4 is 10.1 Å². The smallest absolute Gasteiger partial charge is 0.405 e. The predicted octanol–water partition coefficient (Wildman–Crippen LogP) is 2.93. The van der Waals surface area contributed by atoms with Gasteiger partial charge < -0.3 is 14.8 Å². The fraction of sp³-hybridized carbons (Fsp3) is 0.643. The van der Waals surface area contributed by atoms with Crippen molar-refractivity contribution in [2.45, 2.75) is 38.1 Å². The number of methoxy groups -OCH3 is 1. The average Bonchev–Trinajstić information content (AvgIpc) is 2.53. The molecule has 0 saturated heterocycles. The molecule has 24 heavy (non-hydrogen) atoms. The molecule has 138 valence electrons. The SMILES string of the molecule is CC.COCC(C)Oc1nc(SC)cc(C(=O)NCC(F)(F)F)n1. The lowest BCUT2D eigenvalue weighted by molar-refractivity contribution is -0.123. The number of nitrogens with one attached hydrogen (secondary N) is 1. The van der Waals surface area contributed by atoms with Crippen molar-refractivity contribution >= 4 is 17.7 Å². The van der Waals surface area contributed by atoms with Crippen LogP contribution >= 0.6 is 11.8 Å². The van der Waals surface area contributed by atoms with Crippen LogP contribution in [0.5, 0.6) is 6.01 Å². The van der Waals surface area contributed by atoms with E-state index in [4.69, 9.17) is 9.47 Å². The van der Waals surface area contributed by atoms with Crippen LogP contribution in [0.2, 0.25) is 0 Å². The van der Waals surface area contributed by atoms with Gasteiger partial charge in [0, 0.05) is 13.2 Å². The Kier molecular flexibility index (Phi) is 10.4. The molecular weight excluding hydrogens is 347 g/mol. The molecular formula is C14H22F3N3O3S. The van der Waals surface area contributed by atoms with E-state index < -0.39 is 18.6 Å². The lowest BCUT2D eigenvalue weighted by atomic mass is 10.4. The largest absolute Gasteiger partial charge is 0.458 e. The molecule has 0 fully saturated rings. The van der Waals surface area contributed by atoms with Gasteiger partial charge in [-0.25, -0.2) is 0 Å². The standard InChI is InChI=1S/C12H16F3N3O3S.C2H6/c1-7(5-20-2)21-11-17-8(4-9(18-11)22-3)10(19)16-6-12(13,14)15;1-2/h4,7H,5-6H2,1-3H3,(H,16,19);1-2H3. The molecule has 1 atom stereocenters. The van der Waals surface area contributed by atoms with Gasteiger partial charge >= 0.3 is 12.2 Å². The second-order valence-electron chi connectivity index (χ2n) is 4.26. The molecule has 0 aromatic carbocycles. The lowest BCUT2D eigenvalue weighted by Gasteiger charge is -2.13. The highest BCUT2D eigenvalue weighted by atomic mass is 32.2. The molecule has 0 radical (unpaired) electrons. The second kappa shape index (κ2) is 11.1. The van der Waals surface area contributed by atoms with Gasteiger partial charge in [-0.1, -0.05) is 13.8 Å². The van der Waals surface area contributed by atoms with Crippen LogP contribution in [0.25, 0.3) is 0 Å².